The molecule has 3 atom stereocenters. The molecule has 1 fully saturated rings. The van der Waals surface area contributed by atoms with Crippen LogP contribution in [0, 0.1) is 16.7 Å². The predicted octanol–water partition coefficient (Wildman–Crippen LogP) is 5.64. The molecule has 1 rings (SSSR count). The second-order valence-corrected chi connectivity index (χ2v) is 5.81. The molecule has 2 nitrogen and oxygen atoms in total. The molecule has 108 valence electrons. The second kappa shape index (κ2) is 9.94. The van der Waals surface area contributed by atoms with E-state index in [2.05, 4.69) is 30.3 Å². The lowest BCUT2D eigenvalue weighted by Crippen LogP contribution is -1.89. The molecule has 0 radical (unpaired) electrons. The van der Waals surface area contributed by atoms with Crippen LogP contribution in [0.25, 0.3) is 0 Å². The van der Waals surface area contributed by atoms with E-state index in [1.807, 2.05) is 13.0 Å². The van der Waals surface area contributed by atoms with Crippen LogP contribution in [0.2, 0.25) is 0 Å². The molecule has 0 N–H and O–H groups in total. The van der Waals surface area contributed by atoms with Crippen LogP contribution in [-0.2, 0) is 0 Å². The first-order valence-electron chi connectivity index (χ1n) is 7.92. The van der Waals surface area contributed by atoms with Crippen LogP contribution >= 0.6 is 0 Å². The summed E-state index contributed by atoms with van der Waals surface area (Å²) in [6.07, 6.45) is 19.1. The van der Waals surface area contributed by atoms with Crippen molar-refractivity contribution in [3.63, 3.8) is 0 Å². The van der Waals surface area contributed by atoms with Gasteiger partial charge in [-0.05, 0) is 57.3 Å². The van der Waals surface area contributed by atoms with E-state index in [0.29, 0.717) is 0 Å². The van der Waals surface area contributed by atoms with E-state index < -0.39 is 0 Å². The van der Waals surface area contributed by atoms with Crippen LogP contribution in [0.15, 0.2) is 29.5 Å². The zero-order valence-corrected chi connectivity index (χ0v) is 12.6. The summed E-state index contributed by atoms with van der Waals surface area (Å²) in [5.74, 6) is 1.79. The molecular formula is C17H29NO. The third kappa shape index (κ3) is 7.97. The van der Waals surface area contributed by atoms with Crippen LogP contribution < -0.4 is 0 Å². The van der Waals surface area contributed by atoms with Crippen molar-refractivity contribution in [1.82, 2.24) is 0 Å². The van der Waals surface area contributed by atoms with Crippen LogP contribution in [0.3, 0.4) is 0 Å². The third-order valence-corrected chi connectivity index (χ3v) is 3.93. The Hall–Kier alpha value is -0.920. The smallest absolute Gasteiger partial charge is 0.107 e. The molecule has 1 unspecified atom stereocenters. The van der Waals surface area contributed by atoms with Gasteiger partial charge in [-0.25, -0.2) is 0 Å². The maximum Gasteiger partial charge on any atom is 0.107 e. The topological polar surface area (TPSA) is 29.4 Å². The highest BCUT2D eigenvalue weighted by atomic mass is 16.3. The van der Waals surface area contributed by atoms with Crippen LogP contribution in [0.4, 0.5) is 0 Å². The second-order valence-electron chi connectivity index (χ2n) is 5.81. The van der Waals surface area contributed by atoms with Gasteiger partial charge in [0.2, 0.25) is 0 Å². The molecule has 0 amide bonds. The van der Waals surface area contributed by atoms with Gasteiger partial charge in [-0.2, -0.15) is 4.91 Å². The van der Waals surface area contributed by atoms with E-state index in [1.54, 1.807) is 0 Å². The highest BCUT2D eigenvalue weighted by molar-refractivity contribution is 4.98. The minimum absolute atomic E-state index is 0.164. The molecule has 1 aliphatic rings. The van der Waals surface area contributed by atoms with Gasteiger partial charge in [0.25, 0.3) is 0 Å². The molecule has 0 aromatic rings. The first kappa shape index (κ1) is 16.1. The van der Waals surface area contributed by atoms with Crippen molar-refractivity contribution in [3.8, 4) is 0 Å². The highest BCUT2D eigenvalue weighted by Gasteiger charge is 2.34. The van der Waals surface area contributed by atoms with Crippen molar-refractivity contribution < 1.29 is 0 Å². The Labute approximate surface area is 118 Å². The summed E-state index contributed by atoms with van der Waals surface area (Å²) in [7, 11) is 0. The normalized spacial score (nSPS) is 24.1. The number of nitrogens with zero attached hydrogens (tertiary/aromatic N) is 1. The number of nitroso groups, excluding NO2 is 1. The van der Waals surface area contributed by atoms with E-state index in [4.69, 9.17) is 0 Å². The Bertz CT molecular complexity index is 296. The van der Waals surface area contributed by atoms with Gasteiger partial charge in [0.15, 0.2) is 0 Å². The Morgan fingerprint density at radius 2 is 1.95 bits per heavy atom. The number of hydrogen-bond acceptors (Lipinski definition) is 2. The summed E-state index contributed by atoms with van der Waals surface area (Å²) in [5.41, 5.74) is 0. The van der Waals surface area contributed by atoms with E-state index in [1.165, 1.54) is 44.9 Å². The fourth-order valence-corrected chi connectivity index (χ4v) is 2.50. The van der Waals surface area contributed by atoms with Gasteiger partial charge in [0, 0.05) is 0 Å². The molecule has 0 spiro atoms. The molecule has 19 heavy (non-hydrogen) atoms. The lowest BCUT2D eigenvalue weighted by molar-refractivity contribution is 0.654. The van der Waals surface area contributed by atoms with E-state index >= 15 is 0 Å². The van der Waals surface area contributed by atoms with Crippen molar-refractivity contribution in [2.45, 2.75) is 71.3 Å². The fraction of sp³-hybridized carbons (Fsp3) is 0.765. The molecule has 0 aromatic carbocycles. The predicted molar refractivity (Wildman–Crippen MR) is 83.1 cm³/mol. The Balaban J connectivity index is 1.96. The fourth-order valence-electron chi connectivity index (χ4n) is 2.50. The summed E-state index contributed by atoms with van der Waals surface area (Å²) in [6, 6.07) is -0.164. The Morgan fingerprint density at radius 3 is 2.68 bits per heavy atom. The van der Waals surface area contributed by atoms with Gasteiger partial charge >= 0.3 is 0 Å². The van der Waals surface area contributed by atoms with Gasteiger partial charge < -0.3 is 0 Å². The van der Waals surface area contributed by atoms with E-state index in [0.717, 1.165) is 18.3 Å². The summed E-state index contributed by atoms with van der Waals surface area (Å²) < 4.78 is 0. The molecule has 0 aromatic heterocycles. The number of rotatable bonds is 11. The summed E-state index contributed by atoms with van der Waals surface area (Å²) in [4.78, 5) is 10.2. The minimum atomic E-state index is -0.164. The molecule has 0 bridgehead atoms. The SMILES string of the molecule is CCCCC/C=C\CC[C@@H]1CC1C/C=C/[C@@H](C)N=O. The quantitative estimate of drug-likeness (QED) is 0.269. The van der Waals surface area contributed by atoms with E-state index in [9.17, 15) is 4.91 Å². The van der Waals surface area contributed by atoms with Crippen molar-refractivity contribution >= 4 is 0 Å². The minimum Gasteiger partial charge on any atom is -0.150 e. The molecular weight excluding hydrogens is 234 g/mol. The van der Waals surface area contributed by atoms with E-state index in [-0.39, 0.29) is 6.04 Å². The van der Waals surface area contributed by atoms with Crippen molar-refractivity contribution in [3.05, 3.63) is 29.2 Å². The monoisotopic (exact) mass is 263 g/mol. The molecule has 2 heteroatoms. The maximum absolute atomic E-state index is 10.2. The van der Waals surface area contributed by atoms with Crippen molar-refractivity contribution in [1.29, 1.82) is 0 Å². The van der Waals surface area contributed by atoms with Gasteiger partial charge in [-0.15, -0.1) is 0 Å². The van der Waals surface area contributed by atoms with Gasteiger partial charge in [0.05, 0.1) is 0 Å². The van der Waals surface area contributed by atoms with Crippen molar-refractivity contribution in [2.24, 2.45) is 17.0 Å². The first-order valence-corrected chi connectivity index (χ1v) is 7.92. The Kier molecular flexibility index (Phi) is 8.44. The van der Waals surface area contributed by atoms with Gasteiger partial charge in [-0.1, -0.05) is 49.2 Å². The zero-order chi connectivity index (χ0) is 13.9. The lowest BCUT2D eigenvalue weighted by atomic mass is 10.1. The molecule has 0 saturated heterocycles. The van der Waals surface area contributed by atoms with Crippen LogP contribution in [0.1, 0.15) is 65.2 Å². The summed E-state index contributed by atoms with van der Waals surface area (Å²) in [6.45, 7) is 4.08. The highest BCUT2D eigenvalue weighted by Crippen LogP contribution is 2.44. The summed E-state index contributed by atoms with van der Waals surface area (Å²) >= 11 is 0. The molecule has 0 aliphatic heterocycles. The average Bonchev–Trinajstić information content (AvgIpc) is 3.16. The maximum atomic E-state index is 10.2. The van der Waals surface area contributed by atoms with Crippen molar-refractivity contribution in [2.75, 3.05) is 0 Å². The average molecular weight is 263 g/mol. The molecule has 0 heterocycles. The summed E-state index contributed by atoms with van der Waals surface area (Å²) in [5, 5.41) is 2.97. The van der Waals surface area contributed by atoms with Gasteiger partial charge in [0.1, 0.15) is 6.04 Å². The largest absolute Gasteiger partial charge is 0.150 e. The van der Waals surface area contributed by atoms with Crippen LogP contribution in [-0.4, -0.2) is 6.04 Å². The number of unbranched alkanes of at least 4 members (excludes halogenated alkanes) is 3. The standard InChI is InChI=1S/C17H29NO/c1-3-4-5-6-7-8-9-12-16-14-17(16)13-10-11-15(2)18-19/h7-8,10-11,15-17H,3-6,9,12-14H2,1-2H3/b8-7-,11-10+/t15-,16-,17?/m1/s1. The van der Waals surface area contributed by atoms with Crippen LogP contribution in [0.5, 0.6) is 0 Å². The third-order valence-electron chi connectivity index (χ3n) is 3.93. The van der Waals surface area contributed by atoms with Gasteiger partial charge in [-0.3, -0.25) is 0 Å². The lowest BCUT2D eigenvalue weighted by Gasteiger charge is -1.96. The molecule has 1 aliphatic carbocycles. The number of allylic oxidation sites excluding steroid dienone is 3. The zero-order valence-electron chi connectivity index (χ0n) is 12.6. The number of hydrogen-bond donors (Lipinski definition) is 0. The Morgan fingerprint density at radius 1 is 1.16 bits per heavy atom. The molecule has 1 saturated carbocycles. The first-order chi connectivity index (χ1) is 9.27.